The SMILES string of the molecule is N#CCc1cc(C#N)c(C(F)F)nc1[N+](=O)[O-]. The molecule has 0 aliphatic rings. The van der Waals surface area contributed by atoms with Crippen molar-refractivity contribution in [1.82, 2.24) is 4.98 Å². The predicted octanol–water partition coefficient (Wildman–Crippen LogP) is 1.87. The van der Waals surface area contributed by atoms with Crippen molar-refractivity contribution in [3.8, 4) is 12.1 Å². The molecule has 0 saturated carbocycles. The van der Waals surface area contributed by atoms with Gasteiger partial charge in [0.25, 0.3) is 0 Å². The van der Waals surface area contributed by atoms with Crippen LogP contribution in [0.3, 0.4) is 0 Å². The molecule has 0 amide bonds. The van der Waals surface area contributed by atoms with E-state index in [4.69, 9.17) is 10.5 Å². The maximum Gasteiger partial charge on any atom is 0.368 e. The Kier molecular flexibility index (Phi) is 3.62. The molecule has 0 aromatic carbocycles. The Morgan fingerprint density at radius 3 is 2.59 bits per heavy atom. The molecule has 0 N–H and O–H groups in total. The van der Waals surface area contributed by atoms with Crippen LogP contribution in [0, 0.1) is 32.8 Å². The largest absolute Gasteiger partial charge is 0.368 e. The number of hydrogen-bond acceptors (Lipinski definition) is 5. The zero-order valence-electron chi connectivity index (χ0n) is 8.22. The molecule has 8 heteroatoms. The summed E-state index contributed by atoms with van der Waals surface area (Å²) in [6.07, 6.45) is -3.46. The van der Waals surface area contributed by atoms with Gasteiger partial charge in [0.2, 0.25) is 5.69 Å². The maximum atomic E-state index is 12.5. The summed E-state index contributed by atoms with van der Waals surface area (Å²) >= 11 is 0. The second kappa shape index (κ2) is 4.94. The Labute approximate surface area is 93.9 Å². The van der Waals surface area contributed by atoms with E-state index in [1.165, 1.54) is 6.07 Å². The minimum atomic E-state index is -3.08. The van der Waals surface area contributed by atoms with Crippen molar-refractivity contribution in [3.05, 3.63) is 33.0 Å². The van der Waals surface area contributed by atoms with Gasteiger partial charge in [0.05, 0.1) is 18.1 Å². The maximum absolute atomic E-state index is 12.5. The zero-order chi connectivity index (χ0) is 13.0. The molecule has 0 radical (unpaired) electrons. The molecule has 1 heterocycles. The molecule has 86 valence electrons. The number of rotatable bonds is 3. The van der Waals surface area contributed by atoms with E-state index in [0.29, 0.717) is 0 Å². The first-order chi connectivity index (χ1) is 8.01. The van der Waals surface area contributed by atoms with Crippen molar-refractivity contribution < 1.29 is 13.7 Å². The Morgan fingerprint density at radius 1 is 1.53 bits per heavy atom. The van der Waals surface area contributed by atoms with Crippen molar-refractivity contribution in [3.63, 3.8) is 0 Å². The highest BCUT2D eigenvalue weighted by Crippen LogP contribution is 2.26. The van der Waals surface area contributed by atoms with Gasteiger partial charge in [0.15, 0.2) is 0 Å². The Bertz CT molecular complexity index is 545. The fourth-order valence-electron chi connectivity index (χ4n) is 1.19. The highest BCUT2D eigenvalue weighted by atomic mass is 19.3. The molecule has 1 aromatic rings. The quantitative estimate of drug-likeness (QED) is 0.590. The first kappa shape index (κ1) is 12.5. The third-order valence-corrected chi connectivity index (χ3v) is 1.88. The number of hydrogen-bond donors (Lipinski definition) is 0. The minimum absolute atomic E-state index is 0.154. The van der Waals surface area contributed by atoms with Gasteiger partial charge < -0.3 is 10.1 Å². The molecule has 6 nitrogen and oxygen atoms in total. The summed E-state index contributed by atoms with van der Waals surface area (Å²) in [5, 5.41) is 27.6. The van der Waals surface area contributed by atoms with Crippen LogP contribution in [-0.2, 0) is 6.42 Å². The van der Waals surface area contributed by atoms with Gasteiger partial charge in [0, 0.05) is 0 Å². The van der Waals surface area contributed by atoms with Crippen molar-refractivity contribution in [2.24, 2.45) is 0 Å². The highest BCUT2D eigenvalue weighted by Gasteiger charge is 2.27. The Hall–Kier alpha value is -2.61. The zero-order valence-corrected chi connectivity index (χ0v) is 8.22. The van der Waals surface area contributed by atoms with Crippen LogP contribution in [0.1, 0.15) is 23.2 Å². The Morgan fingerprint density at radius 2 is 2.18 bits per heavy atom. The number of pyridine rings is 1. The monoisotopic (exact) mass is 238 g/mol. The first-order valence-electron chi connectivity index (χ1n) is 4.24. The summed E-state index contributed by atoms with van der Waals surface area (Å²) in [6, 6.07) is 4.00. The molecule has 0 saturated heterocycles. The summed E-state index contributed by atoms with van der Waals surface area (Å²) in [7, 11) is 0. The summed E-state index contributed by atoms with van der Waals surface area (Å²) in [6.45, 7) is 0. The summed E-state index contributed by atoms with van der Waals surface area (Å²) in [4.78, 5) is 12.8. The van der Waals surface area contributed by atoms with Crippen molar-refractivity contribution >= 4 is 5.82 Å². The summed E-state index contributed by atoms with van der Waals surface area (Å²) < 4.78 is 24.9. The summed E-state index contributed by atoms with van der Waals surface area (Å²) in [5.74, 6) is -0.819. The van der Waals surface area contributed by atoms with Crippen LogP contribution in [0.25, 0.3) is 0 Å². The summed E-state index contributed by atoms with van der Waals surface area (Å²) in [5.41, 5.74) is -1.56. The lowest BCUT2D eigenvalue weighted by Crippen LogP contribution is -2.04. The second-order valence-corrected chi connectivity index (χ2v) is 2.91. The van der Waals surface area contributed by atoms with E-state index in [-0.39, 0.29) is 12.0 Å². The highest BCUT2D eigenvalue weighted by molar-refractivity contribution is 5.45. The lowest BCUT2D eigenvalue weighted by Gasteiger charge is -2.02. The fraction of sp³-hybridized carbons (Fsp3) is 0.222. The van der Waals surface area contributed by atoms with Crippen molar-refractivity contribution in [2.75, 3.05) is 0 Å². The molecule has 17 heavy (non-hydrogen) atoms. The van der Waals surface area contributed by atoms with E-state index >= 15 is 0 Å². The minimum Gasteiger partial charge on any atom is -0.358 e. The van der Waals surface area contributed by atoms with E-state index in [2.05, 4.69) is 4.98 Å². The van der Waals surface area contributed by atoms with Crippen LogP contribution in [0.15, 0.2) is 6.07 Å². The molecule has 0 atom stereocenters. The van der Waals surface area contributed by atoms with Gasteiger partial charge in [-0.1, -0.05) is 0 Å². The molecule has 0 bridgehead atoms. The van der Waals surface area contributed by atoms with Crippen LogP contribution in [0.2, 0.25) is 0 Å². The van der Waals surface area contributed by atoms with Gasteiger partial charge in [-0.25, -0.2) is 8.78 Å². The number of nitro groups is 1. The molecule has 0 aliphatic carbocycles. The average Bonchev–Trinajstić information content (AvgIpc) is 2.28. The van der Waals surface area contributed by atoms with Gasteiger partial charge in [-0.05, 0) is 16.0 Å². The fourth-order valence-corrected chi connectivity index (χ4v) is 1.19. The second-order valence-electron chi connectivity index (χ2n) is 2.91. The van der Waals surface area contributed by atoms with E-state index in [1.54, 1.807) is 6.07 Å². The molecule has 0 aliphatic heterocycles. The molecule has 0 fully saturated rings. The van der Waals surface area contributed by atoms with E-state index in [1.807, 2.05) is 0 Å². The molecule has 0 unspecified atom stereocenters. The third kappa shape index (κ3) is 2.49. The number of halogens is 2. The van der Waals surface area contributed by atoms with Crippen LogP contribution in [0.4, 0.5) is 14.6 Å². The van der Waals surface area contributed by atoms with Crippen LogP contribution in [-0.4, -0.2) is 9.91 Å². The van der Waals surface area contributed by atoms with Gasteiger partial charge >= 0.3 is 12.2 Å². The van der Waals surface area contributed by atoms with E-state index in [0.717, 1.165) is 6.07 Å². The molecular formula is C9H4F2N4O2. The number of nitriles is 2. The number of aromatic nitrogens is 1. The molecule has 1 aromatic heterocycles. The Balaban J connectivity index is 3.50. The van der Waals surface area contributed by atoms with Gasteiger partial charge in [0.1, 0.15) is 11.6 Å². The predicted molar refractivity (Wildman–Crippen MR) is 49.9 cm³/mol. The van der Waals surface area contributed by atoms with Crippen LogP contribution in [0.5, 0.6) is 0 Å². The molecule has 0 spiro atoms. The normalized spacial score (nSPS) is 9.71. The average molecular weight is 238 g/mol. The first-order valence-corrected chi connectivity index (χ1v) is 4.24. The van der Waals surface area contributed by atoms with E-state index in [9.17, 15) is 18.9 Å². The van der Waals surface area contributed by atoms with Gasteiger partial charge in [-0.15, -0.1) is 0 Å². The van der Waals surface area contributed by atoms with Crippen LogP contribution < -0.4 is 0 Å². The molecule has 1 rings (SSSR count). The number of nitrogens with zero attached hydrogens (tertiary/aromatic N) is 4. The smallest absolute Gasteiger partial charge is 0.358 e. The number of alkyl halides is 2. The lowest BCUT2D eigenvalue weighted by molar-refractivity contribution is -0.390. The van der Waals surface area contributed by atoms with Crippen molar-refractivity contribution in [1.29, 1.82) is 10.5 Å². The van der Waals surface area contributed by atoms with Gasteiger partial charge in [-0.2, -0.15) is 10.5 Å². The third-order valence-electron chi connectivity index (χ3n) is 1.88. The standard InChI is InChI=1S/C9H4F2N4O2/c10-8(11)7-6(4-13)3-5(1-2-12)9(14-7)15(16)17/h3,8H,1H2. The van der Waals surface area contributed by atoms with Crippen molar-refractivity contribution in [2.45, 2.75) is 12.8 Å². The van der Waals surface area contributed by atoms with E-state index < -0.39 is 28.4 Å². The molecular weight excluding hydrogens is 234 g/mol. The lowest BCUT2D eigenvalue weighted by atomic mass is 10.1. The topological polar surface area (TPSA) is 104 Å². The van der Waals surface area contributed by atoms with Crippen LogP contribution >= 0.6 is 0 Å². The van der Waals surface area contributed by atoms with Gasteiger partial charge in [-0.3, -0.25) is 0 Å².